The van der Waals surface area contributed by atoms with E-state index in [1.165, 1.54) is 18.3 Å². The average molecular weight is 549 g/mol. The highest BCUT2D eigenvalue weighted by molar-refractivity contribution is 5.94. The minimum Gasteiger partial charge on any atom is -0.475 e. The maximum atomic E-state index is 14.7. The number of halogens is 3. The van der Waals surface area contributed by atoms with Gasteiger partial charge in [-0.1, -0.05) is 6.07 Å². The summed E-state index contributed by atoms with van der Waals surface area (Å²) in [5, 5.41) is 15.3. The summed E-state index contributed by atoms with van der Waals surface area (Å²) in [6.45, 7) is 5.56. The molecule has 3 atom stereocenters. The van der Waals surface area contributed by atoms with E-state index in [1.54, 1.807) is 45.9 Å². The van der Waals surface area contributed by atoms with Crippen molar-refractivity contribution in [3.8, 4) is 5.75 Å². The molecule has 0 spiro atoms. The van der Waals surface area contributed by atoms with E-state index in [0.717, 1.165) is 12.8 Å². The molecular weight excluding hydrogens is 513 g/mol. The number of fused-ring (bicyclic) bond motifs is 2. The van der Waals surface area contributed by atoms with Crippen LogP contribution in [-0.2, 0) is 10.4 Å². The van der Waals surface area contributed by atoms with Crippen LogP contribution in [0, 0.1) is 5.82 Å². The number of amides is 2. The fraction of sp³-hybridized carbons (Fsp3) is 0.536. The van der Waals surface area contributed by atoms with E-state index < -0.39 is 35.9 Å². The minimum atomic E-state index is -2.62. The number of carbonyl (C=O) groups is 2. The first-order valence-corrected chi connectivity index (χ1v) is 13.1. The molecule has 2 aromatic rings. The van der Waals surface area contributed by atoms with Crippen molar-refractivity contribution >= 4 is 17.6 Å². The van der Waals surface area contributed by atoms with Crippen LogP contribution < -0.4 is 20.3 Å². The summed E-state index contributed by atoms with van der Waals surface area (Å²) in [4.78, 5) is 31.8. The number of aliphatic hydroxyl groups is 1. The topological polar surface area (TPSA) is 104 Å². The fourth-order valence-corrected chi connectivity index (χ4v) is 5.26. The van der Waals surface area contributed by atoms with Gasteiger partial charge in [0.2, 0.25) is 0 Å². The van der Waals surface area contributed by atoms with Crippen LogP contribution in [0.3, 0.4) is 0 Å². The van der Waals surface area contributed by atoms with E-state index in [-0.39, 0.29) is 35.3 Å². The highest BCUT2D eigenvalue weighted by Gasteiger charge is 2.43. The fourth-order valence-electron chi connectivity index (χ4n) is 5.26. The normalized spacial score (nSPS) is 21.2. The molecule has 0 aliphatic carbocycles. The zero-order valence-electron chi connectivity index (χ0n) is 22.5. The standard InChI is InChI=1S/C28H35F3N4O4/c1-27(2,38)17-6-9-22(21(29)11-17)39-28(3,4)26(37)34-18-12-19-7-8-20(13-18)35(19)24-10-5-16(14-32-24)25(36)33-15-23(30)31/h5-6,9-11,14,18-20,23,38H,7-8,12-13,15H2,1-4H3,(H,33,36)(H,34,37)/t18-,19+,20-. The third-order valence-corrected chi connectivity index (χ3v) is 7.31. The molecule has 3 N–H and O–H groups in total. The van der Waals surface area contributed by atoms with Crippen molar-refractivity contribution in [3.63, 3.8) is 0 Å². The maximum absolute atomic E-state index is 14.7. The SMILES string of the molecule is CC(C)(Oc1ccc(C(C)(C)O)cc1F)C(=O)N[C@H]1C[C@H]2CC[C@@H](C1)N2c1ccc(C(=O)NCC(F)F)cn1. The van der Waals surface area contributed by atoms with Gasteiger partial charge in [0, 0.05) is 24.3 Å². The van der Waals surface area contributed by atoms with Crippen LogP contribution in [0.15, 0.2) is 36.5 Å². The van der Waals surface area contributed by atoms with Crippen molar-refractivity contribution in [3.05, 3.63) is 53.5 Å². The van der Waals surface area contributed by atoms with Gasteiger partial charge in [-0.25, -0.2) is 18.2 Å². The molecule has 2 fully saturated rings. The van der Waals surface area contributed by atoms with E-state index in [0.29, 0.717) is 24.2 Å². The van der Waals surface area contributed by atoms with Gasteiger partial charge in [0.05, 0.1) is 17.7 Å². The van der Waals surface area contributed by atoms with E-state index in [1.807, 2.05) is 0 Å². The Morgan fingerprint density at radius 3 is 2.33 bits per heavy atom. The van der Waals surface area contributed by atoms with Gasteiger partial charge in [0.25, 0.3) is 18.2 Å². The number of rotatable bonds is 9. The Bertz CT molecular complexity index is 1190. The molecule has 2 saturated heterocycles. The third-order valence-electron chi connectivity index (χ3n) is 7.31. The molecule has 1 aromatic heterocycles. The smallest absolute Gasteiger partial charge is 0.263 e. The first kappa shape index (κ1) is 28.7. The van der Waals surface area contributed by atoms with Gasteiger partial charge < -0.3 is 25.4 Å². The van der Waals surface area contributed by atoms with Gasteiger partial charge in [-0.3, -0.25) is 9.59 Å². The van der Waals surface area contributed by atoms with Crippen molar-refractivity contribution in [2.75, 3.05) is 11.4 Å². The maximum Gasteiger partial charge on any atom is 0.263 e. The Morgan fingerprint density at radius 1 is 1.13 bits per heavy atom. The van der Waals surface area contributed by atoms with Crippen LogP contribution in [0.25, 0.3) is 0 Å². The number of alkyl halides is 2. The predicted molar refractivity (Wildman–Crippen MR) is 139 cm³/mol. The van der Waals surface area contributed by atoms with Gasteiger partial charge in [0.1, 0.15) is 5.82 Å². The quantitative estimate of drug-likeness (QED) is 0.439. The molecule has 2 aliphatic rings. The van der Waals surface area contributed by atoms with Crippen molar-refractivity contribution in [1.82, 2.24) is 15.6 Å². The lowest BCUT2D eigenvalue weighted by Gasteiger charge is -2.40. The molecule has 2 bridgehead atoms. The number of aromatic nitrogens is 1. The number of hydrogen-bond acceptors (Lipinski definition) is 6. The Hall–Kier alpha value is -3.34. The Morgan fingerprint density at radius 2 is 1.79 bits per heavy atom. The highest BCUT2D eigenvalue weighted by Crippen LogP contribution is 2.39. The van der Waals surface area contributed by atoms with Crippen molar-refractivity contribution in [2.45, 2.75) is 89.1 Å². The average Bonchev–Trinajstić information content (AvgIpc) is 3.13. The second-order valence-electron chi connectivity index (χ2n) is 11.3. The summed E-state index contributed by atoms with van der Waals surface area (Å²) in [5.74, 6) is -0.992. The molecular formula is C28H35F3N4O4. The van der Waals surface area contributed by atoms with Gasteiger partial charge >= 0.3 is 0 Å². The van der Waals surface area contributed by atoms with Crippen LogP contribution >= 0.6 is 0 Å². The number of benzene rings is 1. The second kappa shape index (κ2) is 11.0. The lowest BCUT2D eigenvalue weighted by Crippen LogP contribution is -2.55. The Balaban J connectivity index is 1.36. The summed E-state index contributed by atoms with van der Waals surface area (Å²) in [6, 6.07) is 7.64. The Labute approximate surface area is 225 Å². The van der Waals surface area contributed by atoms with Crippen LogP contribution in [0.1, 0.15) is 69.3 Å². The number of nitrogens with zero attached hydrogens (tertiary/aromatic N) is 2. The molecule has 0 unspecified atom stereocenters. The van der Waals surface area contributed by atoms with E-state index in [4.69, 9.17) is 4.74 Å². The molecule has 0 radical (unpaired) electrons. The first-order chi connectivity index (χ1) is 18.2. The lowest BCUT2D eigenvalue weighted by atomic mass is 9.96. The summed E-state index contributed by atoms with van der Waals surface area (Å²) in [6.07, 6.45) is 1.98. The van der Waals surface area contributed by atoms with E-state index in [2.05, 4.69) is 20.5 Å². The molecule has 3 heterocycles. The molecule has 39 heavy (non-hydrogen) atoms. The van der Waals surface area contributed by atoms with Crippen molar-refractivity contribution in [1.29, 1.82) is 0 Å². The molecule has 212 valence electrons. The van der Waals surface area contributed by atoms with Gasteiger partial charge in [-0.05, 0) is 83.2 Å². The largest absolute Gasteiger partial charge is 0.475 e. The number of anilines is 1. The van der Waals surface area contributed by atoms with Gasteiger partial charge in [-0.15, -0.1) is 0 Å². The molecule has 11 heteroatoms. The summed E-state index contributed by atoms with van der Waals surface area (Å²) < 4.78 is 45.1. The summed E-state index contributed by atoms with van der Waals surface area (Å²) >= 11 is 0. The summed E-state index contributed by atoms with van der Waals surface area (Å²) in [7, 11) is 0. The minimum absolute atomic E-state index is 0.0737. The summed E-state index contributed by atoms with van der Waals surface area (Å²) in [5.41, 5.74) is -1.93. The van der Waals surface area contributed by atoms with Crippen LogP contribution in [0.2, 0.25) is 0 Å². The zero-order chi connectivity index (χ0) is 28.5. The second-order valence-corrected chi connectivity index (χ2v) is 11.3. The van der Waals surface area contributed by atoms with Crippen LogP contribution in [0.5, 0.6) is 5.75 Å². The highest BCUT2D eigenvalue weighted by atomic mass is 19.3. The van der Waals surface area contributed by atoms with E-state index >= 15 is 0 Å². The molecule has 4 rings (SSSR count). The first-order valence-electron chi connectivity index (χ1n) is 13.1. The molecule has 8 nitrogen and oxygen atoms in total. The monoisotopic (exact) mass is 548 g/mol. The number of piperidine rings is 1. The number of hydrogen-bond donors (Lipinski definition) is 3. The number of pyridine rings is 1. The van der Waals surface area contributed by atoms with Crippen molar-refractivity contribution < 1.29 is 32.6 Å². The predicted octanol–water partition coefficient (Wildman–Crippen LogP) is 3.92. The molecule has 2 aliphatic heterocycles. The molecule has 1 aromatic carbocycles. The third kappa shape index (κ3) is 6.63. The molecule has 2 amide bonds. The van der Waals surface area contributed by atoms with Gasteiger partial charge in [0.15, 0.2) is 17.2 Å². The number of ether oxygens (including phenoxy) is 1. The van der Waals surface area contributed by atoms with Crippen LogP contribution in [-0.4, -0.2) is 58.6 Å². The van der Waals surface area contributed by atoms with Crippen molar-refractivity contribution in [2.24, 2.45) is 0 Å². The number of carbonyl (C=O) groups excluding carboxylic acids is 2. The number of nitrogens with one attached hydrogen (secondary N) is 2. The zero-order valence-corrected chi connectivity index (χ0v) is 22.5. The van der Waals surface area contributed by atoms with E-state index in [9.17, 15) is 27.9 Å². The molecule has 0 saturated carbocycles. The van der Waals surface area contributed by atoms with Crippen LogP contribution in [0.4, 0.5) is 19.0 Å². The van der Waals surface area contributed by atoms with Gasteiger partial charge in [-0.2, -0.15) is 0 Å². The lowest BCUT2D eigenvalue weighted by molar-refractivity contribution is -0.135. The Kier molecular flexibility index (Phi) is 8.11.